The van der Waals surface area contributed by atoms with Crippen molar-refractivity contribution >= 4 is 39.5 Å². The van der Waals surface area contributed by atoms with Crippen molar-refractivity contribution in [2.75, 3.05) is 23.7 Å². The lowest BCUT2D eigenvalue weighted by Crippen LogP contribution is -2.31. The first-order valence-corrected chi connectivity index (χ1v) is 8.43. The van der Waals surface area contributed by atoms with Crippen LogP contribution in [0.4, 0.5) is 17.5 Å². The lowest BCUT2D eigenvalue weighted by molar-refractivity contribution is 0.405. The van der Waals surface area contributed by atoms with Gasteiger partial charge in [0.25, 0.3) is 0 Å². The third-order valence-corrected chi connectivity index (χ3v) is 4.29. The molecule has 0 unspecified atom stereocenters. The second-order valence-electron chi connectivity index (χ2n) is 7.05. The van der Waals surface area contributed by atoms with Gasteiger partial charge in [-0.05, 0) is 30.2 Å². The topological polar surface area (TPSA) is 118 Å². The van der Waals surface area contributed by atoms with Gasteiger partial charge in [-0.1, -0.05) is 13.8 Å². The maximum Gasteiger partial charge on any atom is 0.229 e. The molecule has 8 heteroatoms. The Kier molecular flexibility index (Phi) is 3.96. The van der Waals surface area contributed by atoms with Crippen LogP contribution in [-0.2, 0) is 0 Å². The Labute approximate surface area is 150 Å². The number of nitrogens with one attached hydrogen (secondary N) is 3. The fourth-order valence-electron chi connectivity index (χ4n) is 2.58. The molecule has 5 N–H and O–H groups in total. The predicted molar refractivity (Wildman–Crippen MR) is 103 cm³/mol. The van der Waals surface area contributed by atoms with Gasteiger partial charge in [0.2, 0.25) is 5.95 Å². The monoisotopic (exact) mass is 351 g/mol. The first-order valence-electron chi connectivity index (χ1n) is 8.43. The van der Waals surface area contributed by atoms with Gasteiger partial charge in [-0.25, -0.2) is 4.98 Å². The fourth-order valence-corrected chi connectivity index (χ4v) is 2.58. The molecule has 3 heterocycles. The van der Waals surface area contributed by atoms with Crippen molar-refractivity contribution in [1.82, 2.24) is 20.2 Å². The van der Waals surface area contributed by atoms with Gasteiger partial charge in [-0.3, -0.25) is 5.10 Å². The average molecular weight is 351 g/mol. The third-order valence-electron chi connectivity index (χ3n) is 4.29. The number of anilines is 3. The molecule has 4 rings (SSSR count). The van der Waals surface area contributed by atoms with E-state index < -0.39 is 0 Å². The van der Waals surface area contributed by atoms with Gasteiger partial charge in [-0.15, -0.1) is 0 Å². The SMILES string of the molecule is CC(C)(CN)CNc1nc(Nc2ccc3cn[nH]c3c2)nc2ccoc12. The van der Waals surface area contributed by atoms with Crippen molar-refractivity contribution in [3.05, 3.63) is 36.7 Å². The maximum atomic E-state index is 5.82. The van der Waals surface area contributed by atoms with Crippen LogP contribution in [0.25, 0.3) is 22.0 Å². The summed E-state index contributed by atoms with van der Waals surface area (Å²) in [5.74, 6) is 1.14. The number of benzene rings is 1. The Bertz CT molecular complexity index is 1050. The van der Waals surface area contributed by atoms with Crippen LogP contribution in [0.3, 0.4) is 0 Å². The lowest BCUT2D eigenvalue weighted by atomic mass is 9.94. The summed E-state index contributed by atoms with van der Waals surface area (Å²) in [5, 5.41) is 14.6. The Morgan fingerprint density at radius 1 is 1.23 bits per heavy atom. The highest BCUT2D eigenvalue weighted by Gasteiger charge is 2.18. The molecule has 1 aromatic carbocycles. The number of hydrogen-bond acceptors (Lipinski definition) is 7. The summed E-state index contributed by atoms with van der Waals surface area (Å²) >= 11 is 0. The highest BCUT2D eigenvalue weighted by molar-refractivity contribution is 5.86. The number of aromatic amines is 1. The van der Waals surface area contributed by atoms with Crippen molar-refractivity contribution in [2.45, 2.75) is 13.8 Å². The highest BCUT2D eigenvalue weighted by Crippen LogP contribution is 2.26. The summed E-state index contributed by atoms with van der Waals surface area (Å²) in [4.78, 5) is 9.10. The van der Waals surface area contributed by atoms with Crippen LogP contribution in [0.5, 0.6) is 0 Å². The highest BCUT2D eigenvalue weighted by atomic mass is 16.3. The standard InChI is InChI=1S/C18H21N7O/c1-18(2,9-19)10-20-16-15-13(5-6-26-15)23-17(24-16)22-12-4-3-11-8-21-25-14(11)7-12/h3-8H,9-10,19H2,1-2H3,(H,21,25)(H2,20,22,23,24). The molecule has 0 amide bonds. The number of rotatable bonds is 6. The van der Waals surface area contributed by atoms with Crippen LogP contribution in [-0.4, -0.2) is 33.3 Å². The van der Waals surface area contributed by atoms with Crippen LogP contribution < -0.4 is 16.4 Å². The molecule has 0 aliphatic carbocycles. The molecule has 134 valence electrons. The molecule has 0 radical (unpaired) electrons. The smallest absolute Gasteiger partial charge is 0.229 e. The van der Waals surface area contributed by atoms with E-state index in [9.17, 15) is 0 Å². The summed E-state index contributed by atoms with van der Waals surface area (Å²) in [5.41, 5.74) is 8.95. The lowest BCUT2D eigenvalue weighted by Gasteiger charge is -2.23. The Balaban J connectivity index is 1.64. The summed E-state index contributed by atoms with van der Waals surface area (Å²) in [7, 11) is 0. The van der Waals surface area contributed by atoms with Crippen LogP contribution in [0.15, 0.2) is 41.1 Å². The van der Waals surface area contributed by atoms with Gasteiger partial charge in [0.15, 0.2) is 11.4 Å². The van der Waals surface area contributed by atoms with Crippen molar-refractivity contribution < 1.29 is 4.42 Å². The van der Waals surface area contributed by atoms with E-state index in [1.807, 2.05) is 24.3 Å². The molecule has 0 spiro atoms. The summed E-state index contributed by atoms with van der Waals surface area (Å²) in [6.45, 7) is 5.44. The van der Waals surface area contributed by atoms with E-state index in [-0.39, 0.29) is 5.41 Å². The van der Waals surface area contributed by atoms with Crippen LogP contribution in [0, 0.1) is 5.41 Å². The number of nitrogens with two attached hydrogens (primary N) is 1. The van der Waals surface area contributed by atoms with Gasteiger partial charge < -0.3 is 20.8 Å². The molecule has 0 aliphatic rings. The molecule has 4 aromatic rings. The molecule has 0 aliphatic heterocycles. The zero-order chi connectivity index (χ0) is 18.1. The van der Waals surface area contributed by atoms with Gasteiger partial charge in [0.05, 0.1) is 18.0 Å². The van der Waals surface area contributed by atoms with Gasteiger partial charge in [-0.2, -0.15) is 10.1 Å². The number of furan rings is 1. The predicted octanol–water partition coefficient (Wildman–Crippen LogP) is 3.24. The minimum Gasteiger partial charge on any atom is -0.459 e. The Morgan fingerprint density at radius 2 is 2.12 bits per heavy atom. The van der Waals surface area contributed by atoms with Crippen molar-refractivity contribution in [3.8, 4) is 0 Å². The molecule has 0 saturated heterocycles. The summed E-state index contributed by atoms with van der Waals surface area (Å²) < 4.78 is 5.54. The van der Waals surface area contributed by atoms with Crippen molar-refractivity contribution in [3.63, 3.8) is 0 Å². The Hall–Kier alpha value is -3.13. The quantitative estimate of drug-likeness (QED) is 0.421. The maximum absolute atomic E-state index is 5.82. The van der Waals surface area contributed by atoms with Gasteiger partial charge >= 0.3 is 0 Å². The molecule has 0 fully saturated rings. The first-order chi connectivity index (χ1) is 12.5. The van der Waals surface area contributed by atoms with E-state index in [0.717, 1.165) is 22.1 Å². The summed E-state index contributed by atoms with van der Waals surface area (Å²) in [6, 6.07) is 7.74. The van der Waals surface area contributed by atoms with E-state index >= 15 is 0 Å². The van der Waals surface area contributed by atoms with Crippen LogP contribution in [0.2, 0.25) is 0 Å². The minimum absolute atomic E-state index is 0.0525. The molecular formula is C18H21N7O. The van der Waals surface area contributed by atoms with E-state index in [0.29, 0.717) is 30.4 Å². The third kappa shape index (κ3) is 3.18. The number of hydrogen-bond donors (Lipinski definition) is 4. The van der Waals surface area contributed by atoms with Gasteiger partial charge in [0.1, 0.15) is 5.52 Å². The summed E-state index contributed by atoms with van der Waals surface area (Å²) in [6.07, 6.45) is 3.40. The largest absolute Gasteiger partial charge is 0.459 e. The zero-order valence-corrected chi connectivity index (χ0v) is 14.7. The number of fused-ring (bicyclic) bond motifs is 2. The van der Waals surface area contributed by atoms with Crippen molar-refractivity contribution in [2.24, 2.45) is 11.1 Å². The number of H-pyrrole nitrogens is 1. The first kappa shape index (κ1) is 16.3. The number of nitrogens with zero attached hydrogens (tertiary/aromatic N) is 3. The molecule has 0 saturated carbocycles. The van der Waals surface area contributed by atoms with E-state index in [1.54, 1.807) is 12.5 Å². The second-order valence-corrected chi connectivity index (χ2v) is 7.05. The average Bonchev–Trinajstić information content (AvgIpc) is 3.28. The second kappa shape index (κ2) is 6.30. The fraction of sp³-hybridized carbons (Fsp3) is 0.278. The number of aromatic nitrogens is 4. The van der Waals surface area contributed by atoms with E-state index in [2.05, 4.69) is 44.6 Å². The molecule has 8 nitrogen and oxygen atoms in total. The van der Waals surface area contributed by atoms with Crippen molar-refractivity contribution in [1.29, 1.82) is 0 Å². The molecule has 26 heavy (non-hydrogen) atoms. The van der Waals surface area contributed by atoms with Crippen LogP contribution >= 0.6 is 0 Å². The molecule has 0 atom stereocenters. The van der Waals surface area contributed by atoms with Gasteiger partial charge in [0, 0.05) is 23.7 Å². The van der Waals surface area contributed by atoms with Crippen LogP contribution in [0.1, 0.15) is 13.8 Å². The molecular weight excluding hydrogens is 330 g/mol. The van der Waals surface area contributed by atoms with E-state index in [4.69, 9.17) is 10.2 Å². The Morgan fingerprint density at radius 3 is 2.96 bits per heavy atom. The zero-order valence-electron chi connectivity index (χ0n) is 14.7. The normalized spacial score (nSPS) is 12.0. The van der Waals surface area contributed by atoms with E-state index in [1.165, 1.54) is 0 Å². The molecule has 3 aromatic heterocycles. The molecule has 0 bridgehead atoms. The minimum atomic E-state index is -0.0525.